The van der Waals surface area contributed by atoms with Crippen molar-refractivity contribution in [1.29, 1.82) is 0 Å². The lowest BCUT2D eigenvalue weighted by Crippen LogP contribution is -2.42. The van der Waals surface area contributed by atoms with Crippen molar-refractivity contribution in [3.8, 4) is 0 Å². The molecule has 0 radical (unpaired) electrons. The van der Waals surface area contributed by atoms with Crippen LogP contribution in [-0.2, 0) is 10.0 Å². The van der Waals surface area contributed by atoms with Crippen LogP contribution in [0.2, 0.25) is 5.02 Å². The maximum absolute atomic E-state index is 12.0. The smallest absolute Gasteiger partial charge is 0.243 e. The van der Waals surface area contributed by atoms with Crippen LogP contribution in [0, 0.1) is 0 Å². The summed E-state index contributed by atoms with van der Waals surface area (Å²) in [6.07, 6.45) is 3.52. The van der Waals surface area contributed by atoms with Gasteiger partial charge in [-0.25, -0.2) is 13.1 Å². The lowest BCUT2D eigenvalue weighted by atomic mass is 9.98. The van der Waals surface area contributed by atoms with Gasteiger partial charge in [-0.1, -0.05) is 25.4 Å². The van der Waals surface area contributed by atoms with Gasteiger partial charge in [0, 0.05) is 18.9 Å². The van der Waals surface area contributed by atoms with Crippen molar-refractivity contribution in [2.24, 2.45) is 0 Å². The van der Waals surface area contributed by atoms with Gasteiger partial charge in [-0.15, -0.1) is 0 Å². The largest absolute Gasteiger partial charge is 0.389 e. The fraction of sp³-hybridized carbons (Fsp3) is 0.545. The van der Waals surface area contributed by atoms with Crippen LogP contribution in [-0.4, -0.2) is 30.7 Å². The lowest BCUT2D eigenvalue weighted by Gasteiger charge is -2.25. The highest BCUT2D eigenvalue weighted by Gasteiger charge is 2.26. The number of aromatic nitrogens is 1. The third kappa shape index (κ3) is 3.65. The van der Waals surface area contributed by atoms with Crippen molar-refractivity contribution < 1.29 is 13.5 Å². The molecular weight excluding hydrogens is 276 g/mol. The molecule has 0 spiro atoms. The number of halogens is 1. The molecule has 18 heavy (non-hydrogen) atoms. The number of rotatable bonds is 6. The van der Waals surface area contributed by atoms with Gasteiger partial charge < -0.3 is 5.11 Å². The molecule has 1 aromatic heterocycles. The molecule has 102 valence electrons. The van der Waals surface area contributed by atoms with E-state index in [9.17, 15) is 13.5 Å². The summed E-state index contributed by atoms with van der Waals surface area (Å²) < 4.78 is 26.3. The van der Waals surface area contributed by atoms with Gasteiger partial charge in [-0.3, -0.25) is 4.98 Å². The Bertz CT molecular complexity index is 501. The van der Waals surface area contributed by atoms with Crippen LogP contribution < -0.4 is 4.72 Å². The lowest BCUT2D eigenvalue weighted by molar-refractivity contribution is 0.0377. The maximum Gasteiger partial charge on any atom is 0.243 e. The Kier molecular flexibility index (Phi) is 5.10. The van der Waals surface area contributed by atoms with Crippen LogP contribution in [0.5, 0.6) is 0 Å². The van der Waals surface area contributed by atoms with Crippen LogP contribution in [0.1, 0.15) is 26.7 Å². The van der Waals surface area contributed by atoms with Crippen molar-refractivity contribution in [2.45, 2.75) is 37.2 Å². The molecule has 0 aliphatic rings. The highest BCUT2D eigenvalue weighted by molar-refractivity contribution is 7.89. The van der Waals surface area contributed by atoms with E-state index < -0.39 is 15.6 Å². The van der Waals surface area contributed by atoms with Gasteiger partial charge in [0.15, 0.2) is 0 Å². The second-order valence-corrected chi connectivity index (χ2v) is 6.20. The summed E-state index contributed by atoms with van der Waals surface area (Å²) in [5, 5.41) is 10.1. The first-order valence-electron chi connectivity index (χ1n) is 5.66. The molecule has 0 saturated carbocycles. The zero-order valence-corrected chi connectivity index (χ0v) is 11.9. The fourth-order valence-electron chi connectivity index (χ4n) is 1.37. The first-order chi connectivity index (χ1) is 8.34. The van der Waals surface area contributed by atoms with E-state index in [0.29, 0.717) is 12.8 Å². The molecule has 0 fully saturated rings. The molecule has 0 atom stereocenters. The minimum absolute atomic E-state index is 0.0481. The summed E-state index contributed by atoms with van der Waals surface area (Å²) in [6.45, 7) is 3.55. The number of aliphatic hydroxyl groups is 1. The molecule has 0 aromatic carbocycles. The van der Waals surface area contributed by atoms with Gasteiger partial charge in [-0.05, 0) is 18.9 Å². The van der Waals surface area contributed by atoms with Crippen LogP contribution in [0.3, 0.4) is 0 Å². The van der Waals surface area contributed by atoms with Crippen molar-refractivity contribution in [2.75, 3.05) is 6.54 Å². The second kappa shape index (κ2) is 5.97. The van der Waals surface area contributed by atoms with Gasteiger partial charge in [-0.2, -0.15) is 0 Å². The molecule has 0 aliphatic heterocycles. The monoisotopic (exact) mass is 292 g/mol. The van der Waals surface area contributed by atoms with E-state index in [1.807, 2.05) is 0 Å². The third-order valence-corrected chi connectivity index (χ3v) is 4.80. The van der Waals surface area contributed by atoms with Gasteiger partial charge in [0.1, 0.15) is 4.90 Å². The summed E-state index contributed by atoms with van der Waals surface area (Å²) in [5.74, 6) is 0. The maximum atomic E-state index is 12.0. The van der Waals surface area contributed by atoms with E-state index in [-0.39, 0.29) is 16.5 Å². The summed E-state index contributed by atoms with van der Waals surface area (Å²) in [6, 6.07) is 1.40. The molecule has 0 bridgehead atoms. The molecule has 0 aliphatic carbocycles. The Balaban J connectivity index is 2.88. The normalized spacial score (nSPS) is 12.7. The predicted molar refractivity (Wildman–Crippen MR) is 70.0 cm³/mol. The number of nitrogens with one attached hydrogen (secondary N) is 1. The highest BCUT2D eigenvalue weighted by Crippen LogP contribution is 2.20. The number of hydrogen-bond donors (Lipinski definition) is 2. The average Bonchev–Trinajstić information content (AvgIpc) is 2.36. The van der Waals surface area contributed by atoms with Gasteiger partial charge in [0.25, 0.3) is 0 Å². The summed E-state index contributed by atoms with van der Waals surface area (Å²) in [5.41, 5.74) is -1.04. The first kappa shape index (κ1) is 15.4. The van der Waals surface area contributed by atoms with E-state index in [1.54, 1.807) is 13.8 Å². The zero-order chi connectivity index (χ0) is 13.8. The van der Waals surface area contributed by atoms with Gasteiger partial charge in [0.2, 0.25) is 10.0 Å². The fourth-order valence-corrected chi connectivity index (χ4v) is 2.92. The molecule has 5 nitrogen and oxygen atoms in total. The average molecular weight is 293 g/mol. The number of pyridine rings is 1. The zero-order valence-electron chi connectivity index (χ0n) is 10.4. The van der Waals surface area contributed by atoms with Crippen LogP contribution in [0.25, 0.3) is 0 Å². The predicted octanol–water partition coefficient (Wildman–Crippen LogP) is 1.56. The standard InChI is InChI=1S/C11H17ClN2O3S/c1-3-11(15,4-2)8-14-18(16,17)10-7-13-6-5-9(10)12/h5-7,14-15H,3-4,8H2,1-2H3. The molecule has 2 N–H and O–H groups in total. The quantitative estimate of drug-likeness (QED) is 0.834. The van der Waals surface area contributed by atoms with Crippen LogP contribution >= 0.6 is 11.6 Å². The highest BCUT2D eigenvalue weighted by atomic mass is 35.5. The summed E-state index contributed by atoms with van der Waals surface area (Å²) >= 11 is 5.80. The van der Waals surface area contributed by atoms with Gasteiger partial charge in [0.05, 0.1) is 10.6 Å². The van der Waals surface area contributed by atoms with Gasteiger partial charge >= 0.3 is 0 Å². The number of nitrogens with zero attached hydrogens (tertiary/aromatic N) is 1. The van der Waals surface area contributed by atoms with Crippen LogP contribution in [0.4, 0.5) is 0 Å². The van der Waals surface area contributed by atoms with Crippen molar-refractivity contribution in [1.82, 2.24) is 9.71 Å². The molecule has 1 aromatic rings. The topological polar surface area (TPSA) is 79.3 Å². The first-order valence-corrected chi connectivity index (χ1v) is 7.52. The SMILES string of the molecule is CCC(O)(CC)CNS(=O)(=O)c1cnccc1Cl. The molecule has 0 saturated heterocycles. The second-order valence-electron chi connectivity index (χ2n) is 4.06. The molecule has 1 rings (SSSR count). The molecular formula is C11H17ClN2O3S. The Hall–Kier alpha value is -0.690. The number of hydrogen-bond acceptors (Lipinski definition) is 4. The van der Waals surface area contributed by atoms with E-state index in [4.69, 9.17) is 11.6 Å². The van der Waals surface area contributed by atoms with E-state index >= 15 is 0 Å². The Morgan fingerprint density at radius 3 is 2.56 bits per heavy atom. The summed E-state index contributed by atoms with van der Waals surface area (Å²) in [7, 11) is -3.75. The molecule has 1 heterocycles. The van der Waals surface area contributed by atoms with Crippen molar-refractivity contribution in [3.05, 3.63) is 23.5 Å². The molecule has 0 unspecified atom stereocenters. The van der Waals surface area contributed by atoms with Crippen molar-refractivity contribution >= 4 is 21.6 Å². The van der Waals surface area contributed by atoms with Crippen LogP contribution in [0.15, 0.2) is 23.4 Å². The minimum Gasteiger partial charge on any atom is -0.389 e. The molecule has 0 amide bonds. The van der Waals surface area contributed by atoms with E-state index in [0.717, 1.165) is 0 Å². The minimum atomic E-state index is -3.75. The number of sulfonamides is 1. The van der Waals surface area contributed by atoms with E-state index in [2.05, 4.69) is 9.71 Å². The Morgan fingerprint density at radius 2 is 2.06 bits per heavy atom. The van der Waals surface area contributed by atoms with E-state index in [1.165, 1.54) is 18.5 Å². The summed E-state index contributed by atoms with van der Waals surface area (Å²) in [4.78, 5) is 3.65. The third-order valence-electron chi connectivity index (χ3n) is 2.93. The molecule has 7 heteroatoms. The Labute approximate surface area is 112 Å². The van der Waals surface area contributed by atoms with Crippen molar-refractivity contribution in [3.63, 3.8) is 0 Å². The Morgan fingerprint density at radius 1 is 1.44 bits per heavy atom.